The van der Waals surface area contributed by atoms with E-state index in [9.17, 15) is 14.3 Å². The van der Waals surface area contributed by atoms with Gasteiger partial charge in [0.2, 0.25) is 0 Å². The molecular formula is C17H11FNO2S2-. The highest BCUT2D eigenvalue weighted by Gasteiger charge is 2.10. The number of halogens is 1. The van der Waals surface area contributed by atoms with Crippen LogP contribution in [0.2, 0.25) is 0 Å². The summed E-state index contributed by atoms with van der Waals surface area (Å²) < 4.78 is 14.4. The summed E-state index contributed by atoms with van der Waals surface area (Å²) in [5.41, 5.74) is 1.51. The molecular weight excluding hydrogens is 333 g/mol. The Labute approximate surface area is 140 Å². The van der Waals surface area contributed by atoms with E-state index >= 15 is 0 Å². The molecule has 1 aromatic heterocycles. The standard InChI is InChI=1S/C17H12FNO2S2/c18-12-5-3-4-11(8-12)9-15(22-10-16(20)21)17-19-13-6-1-2-7-14(13)23-17/h1-9H,10H2,(H,20,21)/p-1/b15-9-. The second-order valence-electron chi connectivity index (χ2n) is 4.71. The lowest BCUT2D eigenvalue weighted by atomic mass is 10.2. The van der Waals surface area contributed by atoms with E-state index in [0.717, 1.165) is 22.0 Å². The molecule has 3 aromatic rings. The monoisotopic (exact) mass is 344 g/mol. The highest BCUT2D eigenvalue weighted by Crippen LogP contribution is 2.35. The highest BCUT2D eigenvalue weighted by atomic mass is 32.2. The average Bonchev–Trinajstić information content (AvgIpc) is 2.95. The molecule has 0 aliphatic heterocycles. The van der Waals surface area contributed by atoms with Crippen molar-refractivity contribution in [1.82, 2.24) is 4.98 Å². The van der Waals surface area contributed by atoms with Gasteiger partial charge in [0.15, 0.2) is 0 Å². The van der Waals surface area contributed by atoms with Gasteiger partial charge >= 0.3 is 0 Å². The summed E-state index contributed by atoms with van der Waals surface area (Å²) in [7, 11) is 0. The van der Waals surface area contributed by atoms with Gasteiger partial charge in [0.05, 0.1) is 16.2 Å². The van der Waals surface area contributed by atoms with Gasteiger partial charge in [-0.3, -0.25) is 0 Å². The Morgan fingerprint density at radius 3 is 2.83 bits per heavy atom. The third kappa shape index (κ3) is 3.97. The molecule has 0 radical (unpaired) electrons. The van der Waals surface area contributed by atoms with Crippen LogP contribution < -0.4 is 5.11 Å². The molecule has 0 aliphatic carbocycles. The fraction of sp³-hybridized carbons (Fsp3) is 0.0588. The van der Waals surface area contributed by atoms with Crippen LogP contribution in [-0.2, 0) is 4.79 Å². The lowest BCUT2D eigenvalue weighted by molar-refractivity contribution is -0.301. The van der Waals surface area contributed by atoms with Gasteiger partial charge in [-0.1, -0.05) is 24.3 Å². The molecule has 3 nitrogen and oxygen atoms in total. The van der Waals surface area contributed by atoms with Crippen molar-refractivity contribution in [2.45, 2.75) is 0 Å². The maximum atomic E-state index is 13.3. The van der Waals surface area contributed by atoms with Crippen LogP contribution in [0.15, 0.2) is 48.5 Å². The van der Waals surface area contributed by atoms with Crippen LogP contribution in [0, 0.1) is 5.82 Å². The van der Waals surface area contributed by atoms with Crippen molar-refractivity contribution in [3.8, 4) is 0 Å². The summed E-state index contributed by atoms with van der Waals surface area (Å²) in [6.45, 7) is 0. The van der Waals surface area contributed by atoms with Gasteiger partial charge in [0.25, 0.3) is 0 Å². The number of thioether (sulfide) groups is 1. The molecule has 3 rings (SSSR count). The first-order valence-electron chi connectivity index (χ1n) is 6.78. The number of carboxylic acids is 1. The second-order valence-corrected chi connectivity index (χ2v) is 6.76. The van der Waals surface area contributed by atoms with Gasteiger partial charge in [0.1, 0.15) is 10.8 Å². The molecule has 0 saturated carbocycles. The van der Waals surface area contributed by atoms with E-state index in [1.807, 2.05) is 24.3 Å². The van der Waals surface area contributed by atoms with Gasteiger partial charge in [-0.15, -0.1) is 23.1 Å². The third-order valence-electron chi connectivity index (χ3n) is 3.00. The number of nitrogens with zero attached hydrogens (tertiary/aromatic N) is 1. The van der Waals surface area contributed by atoms with E-state index in [-0.39, 0.29) is 11.6 Å². The summed E-state index contributed by atoms with van der Waals surface area (Å²) in [6, 6.07) is 13.8. The fourth-order valence-electron chi connectivity index (χ4n) is 2.03. The van der Waals surface area contributed by atoms with Crippen molar-refractivity contribution in [2.75, 3.05) is 5.75 Å². The Morgan fingerprint density at radius 1 is 1.26 bits per heavy atom. The normalized spacial score (nSPS) is 11.8. The Hall–Kier alpha value is -2.18. The van der Waals surface area contributed by atoms with Crippen LogP contribution in [0.4, 0.5) is 4.39 Å². The largest absolute Gasteiger partial charge is 0.549 e. The Kier molecular flexibility index (Phi) is 4.73. The number of para-hydroxylation sites is 1. The van der Waals surface area contributed by atoms with Crippen LogP contribution in [0.3, 0.4) is 0 Å². The molecule has 0 aliphatic rings. The molecule has 0 bridgehead atoms. The Bertz CT molecular complexity index is 856. The zero-order valence-corrected chi connectivity index (χ0v) is 13.5. The van der Waals surface area contributed by atoms with Crippen LogP contribution in [-0.4, -0.2) is 16.7 Å². The molecule has 0 fully saturated rings. The van der Waals surface area contributed by atoms with Gasteiger partial charge in [0, 0.05) is 10.7 Å². The number of carbonyl (C=O) groups is 1. The predicted molar refractivity (Wildman–Crippen MR) is 91.4 cm³/mol. The molecule has 0 unspecified atom stereocenters. The van der Waals surface area contributed by atoms with Crippen LogP contribution in [0.5, 0.6) is 0 Å². The lowest BCUT2D eigenvalue weighted by Crippen LogP contribution is -2.24. The maximum Gasteiger partial charge on any atom is 0.131 e. The van der Waals surface area contributed by atoms with Crippen molar-refractivity contribution in [1.29, 1.82) is 0 Å². The predicted octanol–water partition coefficient (Wildman–Crippen LogP) is 3.42. The molecule has 6 heteroatoms. The maximum absolute atomic E-state index is 13.3. The van der Waals surface area contributed by atoms with E-state index in [4.69, 9.17) is 0 Å². The Balaban J connectivity index is 2.02. The third-order valence-corrected chi connectivity index (χ3v) is 5.20. The quantitative estimate of drug-likeness (QED) is 0.712. The van der Waals surface area contributed by atoms with E-state index in [1.165, 1.54) is 23.5 Å². The van der Waals surface area contributed by atoms with Crippen molar-refractivity contribution < 1.29 is 14.3 Å². The number of fused-ring (bicyclic) bond motifs is 1. The minimum Gasteiger partial charge on any atom is -0.549 e. The first kappa shape index (κ1) is 15.7. The molecule has 0 spiro atoms. The number of benzene rings is 2. The minimum absolute atomic E-state index is 0.183. The number of thiazole rings is 1. The SMILES string of the molecule is O=C([O-])CS/C(=C\c1cccc(F)c1)c1nc2ccccc2s1. The molecule has 2 aromatic carbocycles. The molecule has 0 atom stereocenters. The molecule has 0 saturated heterocycles. The summed E-state index contributed by atoms with van der Waals surface area (Å²) in [5, 5.41) is 11.5. The fourth-order valence-corrected chi connectivity index (χ4v) is 3.87. The summed E-state index contributed by atoms with van der Waals surface area (Å²) in [4.78, 5) is 16.0. The highest BCUT2D eigenvalue weighted by molar-refractivity contribution is 8.09. The number of hydrogen-bond acceptors (Lipinski definition) is 5. The number of carbonyl (C=O) groups excluding carboxylic acids is 1. The summed E-state index contributed by atoms with van der Waals surface area (Å²) in [5.74, 6) is -1.68. The number of carboxylic acid groups (broad SMARTS) is 1. The minimum atomic E-state index is -1.15. The molecule has 1 heterocycles. The van der Waals surface area contributed by atoms with E-state index in [2.05, 4.69) is 4.98 Å². The molecule has 23 heavy (non-hydrogen) atoms. The first-order valence-corrected chi connectivity index (χ1v) is 8.58. The van der Waals surface area contributed by atoms with Crippen molar-refractivity contribution >= 4 is 50.3 Å². The zero-order chi connectivity index (χ0) is 16.2. The molecule has 0 amide bonds. The van der Waals surface area contributed by atoms with E-state index < -0.39 is 5.97 Å². The van der Waals surface area contributed by atoms with Crippen LogP contribution >= 0.6 is 23.1 Å². The van der Waals surface area contributed by atoms with E-state index in [0.29, 0.717) is 15.5 Å². The lowest BCUT2D eigenvalue weighted by Gasteiger charge is -2.05. The average molecular weight is 344 g/mol. The second kappa shape index (κ2) is 6.93. The number of hydrogen-bond donors (Lipinski definition) is 0. The molecule has 116 valence electrons. The smallest absolute Gasteiger partial charge is 0.131 e. The number of rotatable bonds is 5. The van der Waals surface area contributed by atoms with Crippen LogP contribution in [0.25, 0.3) is 21.2 Å². The topological polar surface area (TPSA) is 53.0 Å². The van der Waals surface area contributed by atoms with E-state index in [1.54, 1.807) is 18.2 Å². The van der Waals surface area contributed by atoms with Crippen molar-refractivity contribution in [3.05, 3.63) is 64.9 Å². The number of aromatic nitrogens is 1. The zero-order valence-electron chi connectivity index (χ0n) is 11.9. The van der Waals surface area contributed by atoms with Gasteiger partial charge in [-0.2, -0.15) is 0 Å². The van der Waals surface area contributed by atoms with Gasteiger partial charge < -0.3 is 9.90 Å². The van der Waals surface area contributed by atoms with Gasteiger partial charge in [-0.25, -0.2) is 9.37 Å². The van der Waals surface area contributed by atoms with Crippen molar-refractivity contribution in [2.24, 2.45) is 0 Å². The van der Waals surface area contributed by atoms with Crippen molar-refractivity contribution in [3.63, 3.8) is 0 Å². The summed E-state index contributed by atoms with van der Waals surface area (Å²) >= 11 is 2.60. The number of aliphatic carboxylic acids is 1. The Morgan fingerprint density at radius 2 is 2.09 bits per heavy atom. The van der Waals surface area contributed by atoms with Gasteiger partial charge in [-0.05, 0) is 35.9 Å². The molecule has 0 N–H and O–H groups in total. The summed E-state index contributed by atoms with van der Waals surface area (Å²) in [6.07, 6.45) is 1.74. The first-order chi connectivity index (χ1) is 11.1. The van der Waals surface area contributed by atoms with Crippen LogP contribution in [0.1, 0.15) is 10.6 Å².